The number of amides is 1. The third-order valence-electron chi connectivity index (χ3n) is 3.12. The molecule has 0 atom stereocenters. The lowest BCUT2D eigenvalue weighted by molar-refractivity contribution is -0.146. The molecule has 0 aliphatic carbocycles. The maximum Gasteiger partial charge on any atom is 0.331 e. The van der Waals surface area contributed by atoms with Crippen LogP contribution in [0.4, 0.5) is 5.82 Å². The van der Waals surface area contributed by atoms with E-state index in [1.165, 1.54) is 24.7 Å². The zero-order valence-corrected chi connectivity index (χ0v) is 11.5. The molecule has 0 aliphatic heterocycles. The van der Waals surface area contributed by atoms with E-state index >= 15 is 0 Å². The standard InChI is InChI=1S/C13H16N4O3/c1-8-6-14-7-9(8)11(18)15-10-4-5-17(16-10)13(2,3)12(19)20/h4-7,14H,1-3H3,(H,19,20)(H,15,16,18). The van der Waals surface area contributed by atoms with E-state index < -0.39 is 11.5 Å². The summed E-state index contributed by atoms with van der Waals surface area (Å²) in [6.07, 6.45) is 4.84. The third-order valence-corrected chi connectivity index (χ3v) is 3.12. The van der Waals surface area contributed by atoms with Crippen LogP contribution >= 0.6 is 0 Å². The number of nitrogens with one attached hydrogen (secondary N) is 2. The Labute approximate surface area is 115 Å². The topological polar surface area (TPSA) is 100 Å². The summed E-state index contributed by atoms with van der Waals surface area (Å²) >= 11 is 0. The number of carboxylic acid groups (broad SMARTS) is 1. The van der Waals surface area contributed by atoms with Crippen molar-refractivity contribution in [1.29, 1.82) is 0 Å². The minimum Gasteiger partial charge on any atom is -0.479 e. The predicted molar refractivity (Wildman–Crippen MR) is 72.7 cm³/mol. The van der Waals surface area contributed by atoms with Crippen molar-refractivity contribution in [1.82, 2.24) is 14.8 Å². The van der Waals surface area contributed by atoms with Gasteiger partial charge in [-0.15, -0.1) is 0 Å². The molecule has 1 amide bonds. The lowest BCUT2D eigenvalue weighted by atomic mass is 10.1. The number of aromatic nitrogens is 3. The minimum atomic E-state index is -1.17. The average molecular weight is 276 g/mol. The molecule has 0 saturated carbocycles. The van der Waals surface area contributed by atoms with E-state index in [2.05, 4.69) is 15.4 Å². The van der Waals surface area contributed by atoms with Crippen LogP contribution < -0.4 is 5.32 Å². The van der Waals surface area contributed by atoms with Gasteiger partial charge < -0.3 is 15.4 Å². The fraction of sp³-hybridized carbons (Fsp3) is 0.308. The monoisotopic (exact) mass is 276 g/mol. The number of carbonyl (C=O) groups excluding carboxylic acids is 1. The first-order valence-electron chi connectivity index (χ1n) is 6.06. The van der Waals surface area contributed by atoms with Gasteiger partial charge in [0.15, 0.2) is 11.4 Å². The molecular formula is C13H16N4O3. The maximum atomic E-state index is 12.0. The van der Waals surface area contributed by atoms with Crippen LogP contribution in [0.5, 0.6) is 0 Å². The number of hydrogen-bond acceptors (Lipinski definition) is 3. The summed E-state index contributed by atoms with van der Waals surface area (Å²) < 4.78 is 1.30. The summed E-state index contributed by atoms with van der Waals surface area (Å²) in [7, 11) is 0. The first-order chi connectivity index (χ1) is 9.32. The summed E-state index contributed by atoms with van der Waals surface area (Å²) in [5, 5.41) is 15.8. The van der Waals surface area contributed by atoms with E-state index in [0.717, 1.165) is 5.56 Å². The number of aliphatic carboxylic acids is 1. The SMILES string of the molecule is Cc1c[nH]cc1C(=O)Nc1ccn(C(C)(C)C(=O)O)n1. The molecule has 0 bridgehead atoms. The molecule has 0 unspecified atom stereocenters. The van der Waals surface area contributed by atoms with E-state index in [-0.39, 0.29) is 5.91 Å². The maximum absolute atomic E-state index is 12.0. The second-order valence-corrected chi connectivity index (χ2v) is 5.02. The predicted octanol–water partition coefficient (Wildman–Crippen LogP) is 1.59. The molecule has 2 heterocycles. The number of aromatic amines is 1. The number of nitrogens with zero attached hydrogens (tertiary/aromatic N) is 2. The van der Waals surface area contributed by atoms with Gasteiger partial charge in [0.2, 0.25) is 0 Å². The van der Waals surface area contributed by atoms with Crippen LogP contribution in [0.25, 0.3) is 0 Å². The Kier molecular flexibility index (Phi) is 3.35. The summed E-state index contributed by atoms with van der Waals surface area (Å²) in [6, 6.07) is 1.56. The summed E-state index contributed by atoms with van der Waals surface area (Å²) in [6.45, 7) is 4.88. The Balaban J connectivity index is 2.17. The number of aryl methyl sites for hydroxylation is 1. The zero-order valence-electron chi connectivity index (χ0n) is 11.5. The van der Waals surface area contributed by atoms with E-state index in [1.807, 2.05) is 6.92 Å². The quantitative estimate of drug-likeness (QED) is 0.789. The molecule has 2 aromatic rings. The molecule has 7 heteroatoms. The molecule has 0 aliphatic rings. The van der Waals surface area contributed by atoms with E-state index in [9.17, 15) is 9.59 Å². The molecule has 2 rings (SSSR count). The van der Waals surface area contributed by atoms with Crippen molar-refractivity contribution in [2.45, 2.75) is 26.3 Å². The number of rotatable bonds is 4. The Bertz CT molecular complexity index is 654. The van der Waals surface area contributed by atoms with E-state index in [4.69, 9.17) is 5.11 Å². The van der Waals surface area contributed by atoms with Gasteiger partial charge in [0, 0.05) is 24.7 Å². The highest BCUT2D eigenvalue weighted by Crippen LogP contribution is 2.17. The van der Waals surface area contributed by atoms with Crippen LogP contribution in [0.1, 0.15) is 29.8 Å². The molecule has 3 N–H and O–H groups in total. The molecule has 106 valence electrons. The van der Waals surface area contributed by atoms with Crippen LogP contribution in [0.3, 0.4) is 0 Å². The van der Waals surface area contributed by atoms with E-state index in [1.54, 1.807) is 18.5 Å². The molecule has 0 fully saturated rings. The highest BCUT2D eigenvalue weighted by Gasteiger charge is 2.30. The van der Waals surface area contributed by atoms with Gasteiger partial charge >= 0.3 is 5.97 Å². The van der Waals surface area contributed by atoms with Crippen LogP contribution in [0, 0.1) is 6.92 Å². The van der Waals surface area contributed by atoms with E-state index in [0.29, 0.717) is 11.4 Å². The van der Waals surface area contributed by atoms with Crippen molar-refractivity contribution in [2.24, 2.45) is 0 Å². The Hall–Kier alpha value is -2.57. The normalized spacial score (nSPS) is 11.3. The minimum absolute atomic E-state index is 0.290. The van der Waals surface area contributed by atoms with Crippen LogP contribution in [0.2, 0.25) is 0 Å². The van der Waals surface area contributed by atoms with Crippen molar-refractivity contribution in [2.75, 3.05) is 5.32 Å². The van der Waals surface area contributed by atoms with Gasteiger partial charge in [-0.05, 0) is 26.3 Å². The molecule has 0 spiro atoms. The smallest absolute Gasteiger partial charge is 0.331 e. The fourth-order valence-corrected chi connectivity index (χ4v) is 1.67. The largest absolute Gasteiger partial charge is 0.479 e. The molecule has 0 saturated heterocycles. The number of carbonyl (C=O) groups is 2. The number of hydrogen-bond donors (Lipinski definition) is 3. The van der Waals surface area contributed by atoms with Gasteiger partial charge in [0.25, 0.3) is 5.91 Å². The molecular weight excluding hydrogens is 260 g/mol. The van der Waals surface area contributed by atoms with Gasteiger partial charge in [0.1, 0.15) is 0 Å². The fourth-order valence-electron chi connectivity index (χ4n) is 1.67. The lowest BCUT2D eigenvalue weighted by Crippen LogP contribution is -2.36. The summed E-state index contributed by atoms with van der Waals surface area (Å²) in [5.41, 5.74) is 0.178. The number of anilines is 1. The van der Waals surface area contributed by atoms with Crippen molar-refractivity contribution in [3.8, 4) is 0 Å². The highest BCUT2D eigenvalue weighted by molar-refractivity contribution is 6.04. The molecule has 0 radical (unpaired) electrons. The zero-order chi connectivity index (χ0) is 14.9. The van der Waals surface area contributed by atoms with Gasteiger partial charge in [-0.25, -0.2) is 4.79 Å². The second kappa shape index (κ2) is 4.84. The number of H-pyrrole nitrogens is 1. The van der Waals surface area contributed by atoms with Gasteiger partial charge in [0.05, 0.1) is 5.56 Å². The first kappa shape index (κ1) is 13.9. The lowest BCUT2D eigenvalue weighted by Gasteiger charge is -2.19. The molecule has 2 aromatic heterocycles. The number of carboxylic acids is 1. The molecule has 20 heavy (non-hydrogen) atoms. The van der Waals surface area contributed by atoms with Crippen LogP contribution in [-0.4, -0.2) is 31.7 Å². The van der Waals surface area contributed by atoms with Crippen molar-refractivity contribution in [3.63, 3.8) is 0 Å². The highest BCUT2D eigenvalue weighted by atomic mass is 16.4. The Morgan fingerprint density at radius 3 is 2.65 bits per heavy atom. The van der Waals surface area contributed by atoms with Crippen molar-refractivity contribution < 1.29 is 14.7 Å². The van der Waals surface area contributed by atoms with Crippen LogP contribution in [0.15, 0.2) is 24.7 Å². The van der Waals surface area contributed by atoms with Gasteiger partial charge in [-0.3, -0.25) is 9.48 Å². The molecule has 7 nitrogen and oxygen atoms in total. The average Bonchev–Trinajstić information content (AvgIpc) is 2.97. The Morgan fingerprint density at radius 2 is 2.10 bits per heavy atom. The second-order valence-electron chi connectivity index (χ2n) is 5.02. The van der Waals surface area contributed by atoms with Gasteiger partial charge in [-0.2, -0.15) is 5.10 Å². The summed E-state index contributed by atoms with van der Waals surface area (Å²) in [4.78, 5) is 26.0. The summed E-state index contributed by atoms with van der Waals surface area (Å²) in [5.74, 6) is -0.980. The molecule has 0 aromatic carbocycles. The third kappa shape index (κ3) is 2.42. The Morgan fingerprint density at radius 1 is 1.40 bits per heavy atom. The van der Waals surface area contributed by atoms with Crippen molar-refractivity contribution >= 4 is 17.7 Å². The van der Waals surface area contributed by atoms with Crippen LogP contribution in [-0.2, 0) is 10.3 Å². The van der Waals surface area contributed by atoms with Gasteiger partial charge in [-0.1, -0.05) is 0 Å². The van der Waals surface area contributed by atoms with Crippen molar-refractivity contribution in [3.05, 3.63) is 35.8 Å². The first-order valence-corrected chi connectivity index (χ1v) is 6.06.